The highest BCUT2D eigenvalue weighted by molar-refractivity contribution is 7.18. The summed E-state index contributed by atoms with van der Waals surface area (Å²) in [6.07, 6.45) is 2.40. The summed E-state index contributed by atoms with van der Waals surface area (Å²) in [6.45, 7) is 5.35. The van der Waals surface area contributed by atoms with Crippen LogP contribution in [0.3, 0.4) is 0 Å². The molecule has 2 amide bonds. The number of methoxy groups -OCH3 is 1. The van der Waals surface area contributed by atoms with Crippen LogP contribution in [0.15, 0.2) is 53.5 Å². The molecule has 3 rings (SSSR count). The van der Waals surface area contributed by atoms with Crippen molar-refractivity contribution in [1.29, 1.82) is 0 Å². The Morgan fingerprint density at radius 1 is 1.16 bits per heavy atom. The molecule has 0 radical (unpaired) electrons. The molecule has 38 heavy (non-hydrogen) atoms. The third-order valence-corrected chi connectivity index (χ3v) is 7.30. The number of hydrogen-bond donors (Lipinski definition) is 1. The summed E-state index contributed by atoms with van der Waals surface area (Å²) >= 11 is 7.16. The van der Waals surface area contributed by atoms with E-state index >= 15 is 0 Å². The van der Waals surface area contributed by atoms with Crippen molar-refractivity contribution in [1.82, 2.24) is 14.8 Å². The van der Waals surface area contributed by atoms with Gasteiger partial charge in [-0.1, -0.05) is 24.6 Å². The van der Waals surface area contributed by atoms with Gasteiger partial charge in [-0.25, -0.2) is 0 Å². The normalized spacial score (nSPS) is 12.0. The first-order chi connectivity index (χ1) is 18.1. The van der Waals surface area contributed by atoms with Crippen LogP contribution in [0.1, 0.15) is 34.6 Å². The van der Waals surface area contributed by atoms with Crippen molar-refractivity contribution in [2.45, 2.75) is 26.9 Å². The van der Waals surface area contributed by atoms with Gasteiger partial charge >= 0.3 is 0 Å². The van der Waals surface area contributed by atoms with Gasteiger partial charge in [0.1, 0.15) is 0 Å². The molecule has 0 saturated heterocycles. The largest absolute Gasteiger partial charge is 0.380 e. The number of likely N-dealkylation sites (N-methyl/N-ethyl adjacent to an activating group) is 1. The third kappa shape index (κ3) is 7.77. The molecule has 0 saturated carbocycles. The number of amides is 2. The van der Waals surface area contributed by atoms with Gasteiger partial charge in [-0.2, -0.15) is 0 Å². The molecular weight excluding hydrogens is 524 g/mol. The molecular formula is C28H35ClN4O4S. The maximum atomic E-state index is 13.2. The first-order valence-electron chi connectivity index (χ1n) is 12.4. The topological polar surface area (TPSA) is 83.9 Å². The van der Waals surface area contributed by atoms with E-state index < -0.39 is 0 Å². The second-order valence-electron chi connectivity index (χ2n) is 9.56. The highest BCUT2D eigenvalue weighted by Gasteiger charge is 2.19. The lowest BCUT2D eigenvalue weighted by molar-refractivity contribution is -0.116. The number of benzene rings is 1. The number of nitrogens with one attached hydrogen (secondary N) is 1. The van der Waals surface area contributed by atoms with Gasteiger partial charge in [0.2, 0.25) is 5.91 Å². The molecule has 3 aromatic rings. The highest BCUT2D eigenvalue weighted by atomic mass is 35.5. The number of pyridine rings is 1. The molecule has 1 aromatic carbocycles. The van der Waals surface area contributed by atoms with Crippen molar-refractivity contribution in [3.05, 3.63) is 79.4 Å². The average molecular weight is 559 g/mol. The van der Waals surface area contributed by atoms with Crippen LogP contribution in [0.4, 0.5) is 5.69 Å². The molecule has 0 spiro atoms. The summed E-state index contributed by atoms with van der Waals surface area (Å²) < 4.78 is 7.64. The predicted octanol–water partition coefficient (Wildman–Crippen LogP) is 4.22. The Kier molecular flexibility index (Phi) is 10.7. The zero-order valence-corrected chi connectivity index (χ0v) is 24.1. The number of carbonyl (C=O) groups excluding carboxylic acids is 2. The van der Waals surface area contributed by atoms with E-state index in [-0.39, 0.29) is 29.9 Å². The van der Waals surface area contributed by atoms with E-state index in [9.17, 15) is 14.4 Å². The molecule has 1 atom stereocenters. The Morgan fingerprint density at radius 2 is 1.92 bits per heavy atom. The summed E-state index contributed by atoms with van der Waals surface area (Å²) in [6, 6.07) is 12.7. The Hall–Kier alpha value is -2.98. The second kappa shape index (κ2) is 13.7. The summed E-state index contributed by atoms with van der Waals surface area (Å²) in [5, 5.41) is 2.91. The molecule has 2 heterocycles. The number of hydrogen-bond acceptors (Lipinski definition) is 6. The molecule has 0 aliphatic heterocycles. The van der Waals surface area contributed by atoms with E-state index in [1.165, 1.54) is 18.3 Å². The minimum absolute atomic E-state index is 0.0140. The van der Waals surface area contributed by atoms with Crippen molar-refractivity contribution >= 4 is 40.4 Å². The van der Waals surface area contributed by atoms with Crippen LogP contribution in [0.5, 0.6) is 0 Å². The second-order valence-corrected chi connectivity index (χ2v) is 11.3. The number of ether oxygens (including phenoxy) is 1. The van der Waals surface area contributed by atoms with Crippen molar-refractivity contribution < 1.29 is 14.3 Å². The van der Waals surface area contributed by atoms with Gasteiger partial charge in [-0.15, -0.1) is 11.3 Å². The summed E-state index contributed by atoms with van der Waals surface area (Å²) in [5.41, 5.74) is 2.87. The number of nitrogens with zero attached hydrogens (tertiary/aromatic N) is 3. The number of aromatic nitrogens is 1. The molecule has 1 N–H and O–H groups in total. The Morgan fingerprint density at radius 3 is 2.55 bits per heavy atom. The Balaban J connectivity index is 1.81. The zero-order valence-electron chi connectivity index (χ0n) is 22.5. The molecule has 0 bridgehead atoms. The maximum Gasteiger partial charge on any atom is 0.261 e. The lowest BCUT2D eigenvalue weighted by Crippen LogP contribution is -2.38. The van der Waals surface area contributed by atoms with Gasteiger partial charge in [-0.3, -0.25) is 19.0 Å². The fourth-order valence-corrected chi connectivity index (χ4v) is 5.05. The summed E-state index contributed by atoms with van der Waals surface area (Å²) in [5.74, 6) is -0.319. The third-order valence-electron chi connectivity index (χ3n) is 6.07. The van der Waals surface area contributed by atoms with Gasteiger partial charge in [0, 0.05) is 56.7 Å². The van der Waals surface area contributed by atoms with Crippen LogP contribution in [0.2, 0.25) is 4.34 Å². The van der Waals surface area contributed by atoms with E-state index in [0.717, 1.165) is 17.7 Å². The number of thiophene rings is 1. The van der Waals surface area contributed by atoms with Crippen molar-refractivity contribution in [3.8, 4) is 5.69 Å². The van der Waals surface area contributed by atoms with Gasteiger partial charge in [-0.05, 0) is 62.8 Å². The SMILES string of the molecule is COCc1cc(N(CC(C)CNC(=O)c2ccc(Cl)s2)C(C)=O)ccc1-n1cccc(CCN(C)C)c1=O. The van der Waals surface area contributed by atoms with Gasteiger partial charge < -0.3 is 19.9 Å². The van der Waals surface area contributed by atoms with Crippen molar-refractivity contribution in [2.75, 3.05) is 45.7 Å². The molecule has 10 heteroatoms. The van der Waals surface area contributed by atoms with Gasteiger partial charge in [0.25, 0.3) is 11.5 Å². The quantitative estimate of drug-likeness (QED) is 0.360. The van der Waals surface area contributed by atoms with Gasteiger partial charge in [0.15, 0.2) is 0 Å². The molecule has 1 unspecified atom stereocenters. The predicted molar refractivity (Wildman–Crippen MR) is 154 cm³/mol. The summed E-state index contributed by atoms with van der Waals surface area (Å²) in [4.78, 5) is 42.5. The van der Waals surface area contributed by atoms with Crippen molar-refractivity contribution in [2.24, 2.45) is 5.92 Å². The zero-order chi connectivity index (χ0) is 27.8. The van der Waals surface area contributed by atoms with E-state index in [2.05, 4.69) is 5.32 Å². The highest BCUT2D eigenvalue weighted by Crippen LogP contribution is 2.24. The van der Waals surface area contributed by atoms with E-state index in [4.69, 9.17) is 16.3 Å². The number of rotatable bonds is 12. The molecule has 204 valence electrons. The minimum atomic E-state index is -0.187. The van der Waals surface area contributed by atoms with E-state index in [0.29, 0.717) is 40.1 Å². The average Bonchev–Trinajstić information content (AvgIpc) is 3.31. The lowest BCUT2D eigenvalue weighted by Gasteiger charge is -2.26. The first kappa shape index (κ1) is 29.6. The van der Waals surface area contributed by atoms with Crippen LogP contribution in [-0.4, -0.2) is 62.1 Å². The van der Waals surface area contributed by atoms with Crippen LogP contribution >= 0.6 is 22.9 Å². The Labute approximate surface area is 232 Å². The van der Waals surface area contributed by atoms with Crippen LogP contribution in [0.25, 0.3) is 5.69 Å². The van der Waals surface area contributed by atoms with E-state index in [1.807, 2.05) is 56.3 Å². The number of carbonyl (C=O) groups is 2. The fraction of sp³-hybridized carbons (Fsp3) is 0.393. The smallest absolute Gasteiger partial charge is 0.261 e. The molecule has 0 fully saturated rings. The van der Waals surface area contributed by atoms with Crippen LogP contribution < -0.4 is 15.8 Å². The van der Waals surface area contributed by atoms with Crippen LogP contribution in [-0.2, 0) is 22.6 Å². The lowest BCUT2D eigenvalue weighted by atomic mass is 10.1. The minimum Gasteiger partial charge on any atom is -0.380 e. The maximum absolute atomic E-state index is 13.2. The summed E-state index contributed by atoms with van der Waals surface area (Å²) in [7, 11) is 5.55. The number of halogens is 1. The van der Waals surface area contributed by atoms with Crippen molar-refractivity contribution in [3.63, 3.8) is 0 Å². The number of anilines is 1. The van der Waals surface area contributed by atoms with E-state index in [1.54, 1.807) is 34.9 Å². The first-order valence-corrected chi connectivity index (χ1v) is 13.6. The monoisotopic (exact) mass is 558 g/mol. The molecule has 2 aromatic heterocycles. The molecule has 0 aliphatic rings. The van der Waals surface area contributed by atoms with Crippen LogP contribution in [0, 0.1) is 5.92 Å². The van der Waals surface area contributed by atoms with Gasteiger partial charge in [0.05, 0.1) is 21.5 Å². The standard InChI is InChI=1S/C28H35ClN4O4S/c1-19(16-30-27(35)25-10-11-26(29)38-25)17-33(20(2)34)23-8-9-24(22(15-23)18-37-5)32-13-6-7-21(28(32)36)12-14-31(3)4/h6-11,13,15,19H,12,14,16-18H2,1-5H3,(H,30,35). The molecule has 8 nitrogen and oxygen atoms in total. The molecule has 0 aliphatic carbocycles. The fourth-order valence-electron chi connectivity index (χ4n) is 4.09. The Bertz CT molecular complexity index is 1320.